The number of piperazine rings is 1. The van der Waals surface area contributed by atoms with Crippen LogP contribution in [0.5, 0.6) is 0 Å². The number of nitrogens with zero attached hydrogens (tertiary/aromatic N) is 2. The minimum Gasteiger partial charge on any atom is -0.366 e. The Hall–Kier alpha value is -1.92. The maximum Gasteiger partial charge on any atom is 0.242 e. The van der Waals surface area contributed by atoms with E-state index in [4.69, 9.17) is 0 Å². The van der Waals surface area contributed by atoms with Gasteiger partial charge in [0.1, 0.15) is 0 Å². The summed E-state index contributed by atoms with van der Waals surface area (Å²) in [5.74, 6) is -1.88. The second-order valence-corrected chi connectivity index (χ2v) is 7.53. The zero-order valence-corrected chi connectivity index (χ0v) is 14.2. The molecule has 4 rings (SSSR count). The van der Waals surface area contributed by atoms with Crippen LogP contribution in [0.15, 0.2) is 24.3 Å². The smallest absolute Gasteiger partial charge is 0.242 e. The molecular formula is C19H24N2O4. The minimum absolute atomic E-state index is 0.00794. The third-order valence-electron chi connectivity index (χ3n) is 5.90. The van der Waals surface area contributed by atoms with E-state index in [0.29, 0.717) is 25.9 Å². The Morgan fingerprint density at radius 1 is 1.16 bits per heavy atom. The molecule has 2 aliphatic heterocycles. The molecule has 1 aliphatic carbocycles. The van der Waals surface area contributed by atoms with Gasteiger partial charge in [-0.25, -0.2) is 0 Å². The first-order valence-corrected chi connectivity index (χ1v) is 9.05. The highest BCUT2D eigenvalue weighted by atomic mass is 16.5. The maximum atomic E-state index is 12.9. The average Bonchev–Trinajstić information content (AvgIpc) is 2.61. The zero-order chi connectivity index (χ0) is 17.6. The van der Waals surface area contributed by atoms with Crippen molar-refractivity contribution in [1.82, 2.24) is 9.80 Å². The van der Waals surface area contributed by atoms with Crippen molar-refractivity contribution < 1.29 is 19.8 Å². The molecule has 1 aromatic carbocycles. The first-order chi connectivity index (χ1) is 11.9. The molecule has 0 spiro atoms. The normalized spacial score (nSPS) is 26.2. The fourth-order valence-electron chi connectivity index (χ4n) is 4.43. The van der Waals surface area contributed by atoms with Crippen LogP contribution in [0.3, 0.4) is 0 Å². The molecule has 25 heavy (non-hydrogen) atoms. The fraction of sp³-hybridized carbons (Fsp3) is 0.579. The third kappa shape index (κ3) is 3.04. The second-order valence-electron chi connectivity index (χ2n) is 7.53. The first-order valence-electron chi connectivity index (χ1n) is 9.05. The van der Waals surface area contributed by atoms with Crippen LogP contribution in [0.1, 0.15) is 42.9 Å². The molecule has 1 unspecified atom stereocenters. The number of benzene rings is 1. The lowest BCUT2D eigenvalue weighted by atomic mass is 9.84. The van der Waals surface area contributed by atoms with E-state index in [1.807, 2.05) is 17.0 Å². The standard InChI is InChI=1S/C19H24N2O4/c22-17-12-20(18(23)14-5-8-19(24,25)9-6-14)11-16-15-4-2-1-3-13(15)7-10-21(16)17/h1-4,14,16,24-25H,5-12H2. The van der Waals surface area contributed by atoms with Gasteiger partial charge in [0.2, 0.25) is 11.8 Å². The molecule has 0 aromatic heterocycles. The van der Waals surface area contributed by atoms with Crippen LogP contribution in [-0.4, -0.2) is 57.2 Å². The van der Waals surface area contributed by atoms with E-state index >= 15 is 0 Å². The summed E-state index contributed by atoms with van der Waals surface area (Å²) in [4.78, 5) is 29.1. The van der Waals surface area contributed by atoms with Gasteiger partial charge in [-0.1, -0.05) is 24.3 Å². The molecule has 6 nitrogen and oxygen atoms in total. The van der Waals surface area contributed by atoms with Gasteiger partial charge >= 0.3 is 0 Å². The van der Waals surface area contributed by atoms with E-state index in [1.165, 1.54) is 5.56 Å². The Morgan fingerprint density at radius 2 is 1.88 bits per heavy atom. The predicted octanol–water partition coefficient (Wildman–Crippen LogP) is 0.826. The largest absolute Gasteiger partial charge is 0.366 e. The molecule has 2 amide bonds. The van der Waals surface area contributed by atoms with E-state index in [2.05, 4.69) is 12.1 Å². The van der Waals surface area contributed by atoms with E-state index in [-0.39, 0.29) is 43.2 Å². The maximum absolute atomic E-state index is 12.9. The number of carbonyl (C=O) groups excluding carboxylic acids is 2. The lowest BCUT2D eigenvalue weighted by Crippen LogP contribution is -2.57. The van der Waals surface area contributed by atoms with Crippen LogP contribution in [0.25, 0.3) is 0 Å². The van der Waals surface area contributed by atoms with Crippen molar-refractivity contribution in [2.24, 2.45) is 5.92 Å². The van der Waals surface area contributed by atoms with E-state index in [0.717, 1.165) is 12.0 Å². The molecule has 0 radical (unpaired) electrons. The third-order valence-corrected chi connectivity index (χ3v) is 5.90. The van der Waals surface area contributed by atoms with Crippen LogP contribution >= 0.6 is 0 Å². The Labute approximate surface area is 147 Å². The Kier molecular flexibility index (Phi) is 4.04. The summed E-state index contributed by atoms with van der Waals surface area (Å²) in [7, 11) is 0. The van der Waals surface area contributed by atoms with Gasteiger partial charge in [0.15, 0.2) is 5.79 Å². The molecule has 1 saturated heterocycles. The number of carbonyl (C=O) groups is 2. The van der Waals surface area contributed by atoms with Gasteiger partial charge < -0.3 is 20.0 Å². The molecule has 2 heterocycles. The highest BCUT2D eigenvalue weighted by Crippen LogP contribution is 2.35. The monoisotopic (exact) mass is 344 g/mol. The van der Waals surface area contributed by atoms with E-state index < -0.39 is 5.79 Å². The lowest BCUT2D eigenvalue weighted by molar-refractivity contribution is -0.189. The summed E-state index contributed by atoms with van der Waals surface area (Å²) >= 11 is 0. The highest BCUT2D eigenvalue weighted by molar-refractivity contribution is 5.87. The zero-order valence-electron chi connectivity index (χ0n) is 14.2. The van der Waals surface area contributed by atoms with Crippen LogP contribution in [0, 0.1) is 5.92 Å². The Morgan fingerprint density at radius 3 is 2.64 bits per heavy atom. The topological polar surface area (TPSA) is 81.1 Å². The summed E-state index contributed by atoms with van der Waals surface area (Å²) in [6.07, 6.45) is 2.21. The summed E-state index contributed by atoms with van der Waals surface area (Å²) in [5.41, 5.74) is 2.40. The summed E-state index contributed by atoms with van der Waals surface area (Å²) in [6.45, 7) is 1.38. The molecule has 1 aromatic rings. The summed E-state index contributed by atoms with van der Waals surface area (Å²) in [6, 6.07) is 8.09. The van der Waals surface area contributed by atoms with Crippen molar-refractivity contribution in [3.8, 4) is 0 Å². The van der Waals surface area contributed by atoms with E-state index in [1.54, 1.807) is 4.90 Å². The first kappa shape index (κ1) is 16.5. The van der Waals surface area contributed by atoms with Gasteiger partial charge in [0.05, 0.1) is 12.6 Å². The molecule has 3 aliphatic rings. The second kappa shape index (κ2) is 6.11. The van der Waals surface area contributed by atoms with Gasteiger partial charge in [-0.15, -0.1) is 0 Å². The van der Waals surface area contributed by atoms with Crippen LogP contribution in [0.2, 0.25) is 0 Å². The molecule has 1 atom stereocenters. The Bertz CT molecular complexity index is 692. The van der Waals surface area contributed by atoms with Crippen LogP contribution in [-0.2, 0) is 16.0 Å². The molecule has 0 bridgehead atoms. The van der Waals surface area contributed by atoms with Crippen molar-refractivity contribution in [1.29, 1.82) is 0 Å². The molecule has 2 fully saturated rings. The van der Waals surface area contributed by atoms with Crippen molar-refractivity contribution in [2.75, 3.05) is 19.6 Å². The summed E-state index contributed by atoms with van der Waals surface area (Å²) < 4.78 is 0. The average molecular weight is 344 g/mol. The SMILES string of the molecule is O=C(C1CCC(O)(O)CC1)N1CC(=O)N2CCc3ccccc3C2C1. The number of amides is 2. The van der Waals surface area contributed by atoms with Crippen LogP contribution < -0.4 is 0 Å². The number of rotatable bonds is 1. The van der Waals surface area contributed by atoms with Crippen LogP contribution in [0.4, 0.5) is 0 Å². The van der Waals surface area contributed by atoms with Gasteiger partial charge in [-0.2, -0.15) is 0 Å². The van der Waals surface area contributed by atoms with Gasteiger partial charge in [-0.3, -0.25) is 9.59 Å². The van der Waals surface area contributed by atoms with Crippen molar-refractivity contribution in [3.05, 3.63) is 35.4 Å². The predicted molar refractivity (Wildman–Crippen MR) is 90.3 cm³/mol. The van der Waals surface area contributed by atoms with Gasteiger partial charge in [0.25, 0.3) is 0 Å². The molecule has 2 N–H and O–H groups in total. The van der Waals surface area contributed by atoms with Crippen molar-refractivity contribution in [3.63, 3.8) is 0 Å². The summed E-state index contributed by atoms with van der Waals surface area (Å²) in [5, 5.41) is 19.3. The molecule has 134 valence electrons. The van der Waals surface area contributed by atoms with E-state index in [9.17, 15) is 19.8 Å². The van der Waals surface area contributed by atoms with Gasteiger partial charge in [0, 0.05) is 31.8 Å². The number of hydrogen-bond donors (Lipinski definition) is 2. The molecule has 6 heteroatoms. The molecule has 1 saturated carbocycles. The quantitative estimate of drug-likeness (QED) is 0.740. The fourth-order valence-corrected chi connectivity index (χ4v) is 4.43. The molecular weight excluding hydrogens is 320 g/mol. The number of aliphatic hydroxyl groups is 2. The lowest BCUT2D eigenvalue weighted by Gasteiger charge is -2.45. The Balaban J connectivity index is 1.52. The number of hydrogen-bond acceptors (Lipinski definition) is 4. The van der Waals surface area contributed by atoms with Crippen molar-refractivity contribution in [2.45, 2.75) is 43.9 Å². The van der Waals surface area contributed by atoms with Crippen molar-refractivity contribution >= 4 is 11.8 Å². The van der Waals surface area contributed by atoms with Gasteiger partial charge in [-0.05, 0) is 30.4 Å². The highest BCUT2D eigenvalue weighted by Gasteiger charge is 2.41. The minimum atomic E-state index is -1.65. The number of fused-ring (bicyclic) bond motifs is 3.